The predicted octanol–water partition coefficient (Wildman–Crippen LogP) is 0.340. The lowest BCUT2D eigenvalue weighted by atomic mass is 10.3. The van der Waals surface area contributed by atoms with Crippen LogP contribution in [-0.4, -0.2) is 34.6 Å². The molecule has 0 saturated heterocycles. The van der Waals surface area contributed by atoms with Gasteiger partial charge in [-0.1, -0.05) is 11.3 Å². The lowest BCUT2D eigenvalue weighted by Gasteiger charge is -2.05. The SMILES string of the molecule is [3H]c1csc(OCc2c(I)nn(C)c2-n2nnn(C)c2=O)n1. The monoisotopic (exact) mass is 421 g/mol. The second-order valence-electron chi connectivity index (χ2n) is 4.04. The molecule has 0 fully saturated rings. The number of tetrazole rings is 1. The molecule has 0 unspecified atom stereocenters. The third kappa shape index (κ3) is 2.57. The fourth-order valence-corrected chi connectivity index (χ4v) is 2.90. The molecule has 0 aliphatic heterocycles. The highest BCUT2D eigenvalue weighted by Crippen LogP contribution is 2.22. The van der Waals surface area contributed by atoms with E-state index >= 15 is 0 Å². The van der Waals surface area contributed by atoms with E-state index in [-0.39, 0.29) is 18.5 Å². The van der Waals surface area contributed by atoms with Gasteiger partial charge in [0.1, 0.15) is 10.3 Å². The van der Waals surface area contributed by atoms with Gasteiger partial charge in [0.25, 0.3) is 5.19 Å². The van der Waals surface area contributed by atoms with Crippen molar-refractivity contribution in [1.82, 2.24) is 34.6 Å². The molecule has 11 heteroatoms. The Morgan fingerprint density at radius 2 is 2.24 bits per heavy atom. The predicted molar refractivity (Wildman–Crippen MR) is 82.5 cm³/mol. The lowest BCUT2D eigenvalue weighted by Crippen LogP contribution is -2.24. The summed E-state index contributed by atoms with van der Waals surface area (Å²) >= 11 is 3.30. The normalized spacial score (nSPS) is 11.7. The van der Waals surface area contributed by atoms with Crippen LogP contribution in [0.25, 0.3) is 5.82 Å². The maximum atomic E-state index is 12.0. The average molecular weight is 421 g/mol. The smallest absolute Gasteiger partial charge is 0.369 e. The molecule has 0 bridgehead atoms. The maximum absolute atomic E-state index is 12.0. The zero-order valence-electron chi connectivity index (χ0n) is 12.0. The molecule has 110 valence electrons. The molecule has 0 aromatic carbocycles. The average Bonchev–Trinajstić information content (AvgIpc) is 3.09. The molecule has 21 heavy (non-hydrogen) atoms. The first kappa shape index (κ1) is 12.9. The van der Waals surface area contributed by atoms with Gasteiger partial charge in [0.15, 0.2) is 5.82 Å². The molecule has 0 saturated carbocycles. The highest BCUT2D eigenvalue weighted by atomic mass is 127. The van der Waals surface area contributed by atoms with E-state index in [1.807, 2.05) is 0 Å². The zero-order chi connectivity index (χ0) is 15.9. The van der Waals surface area contributed by atoms with Crippen LogP contribution in [0.1, 0.15) is 6.93 Å². The quantitative estimate of drug-likeness (QED) is 0.565. The van der Waals surface area contributed by atoms with Crippen molar-refractivity contribution in [2.45, 2.75) is 6.61 Å². The Balaban J connectivity index is 1.97. The largest absolute Gasteiger partial charge is 0.465 e. The molecule has 0 amide bonds. The number of aromatic nitrogens is 7. The number of nitrogens with zero attached hydrogens (tertiary/aromatic N) is 7. The first-order valence-electron chi connectivity index (χ1n) is 6.23. The van der Waals surface area contributed by atoms with Gasteiger partial charge >= 0.3 is 5.69 Å². The van der Waals surface area contributed by atoms with E-state index < -0.39 is 0 Å². The van der Waals surface area contributed by atoms with Crippen molar-refractivity contribution in [3.63, 3.8) is 0 Å². The summed E-state index contributed by atoms with van der Waals surface area (Å²) in [6.45, 7) is 0.164. The minimum absolute atomic E-state index is 0.159. The van der Waals surface area contributed by atoms with Crippen LogP contribution in [0.5, 0.6) is 5.19 Å². The van der Waals surface area contributed by atoms with Gasteiger partial charge < -0.3 is 4.74 Å². The van der Waals surface area contributed by atoms with Crippen molar-refractivity contribution in [3.05, 3.63) is 31.3 Å². The van der Waals surface area contributed by atoms with Crippen LogP contribution in [0.4, 0.5) is 0 Å². The Morgan fingerprint density at radius 3 is 2.86 bits per heavy atom. The first-order valence-corrected chi connectivity index (χ1v) is 7.69. The third-order valence-corrected chi connectivity index (χ3v) is 4.19. The number of halogens is 1. The maximum Gasteiger partial charge on any atom is 0.369 e. The van der Waals surface area contributed by atoms with Gasteiger partial charge in [0.2, 0.25) is 0 Å². The molecule has 0 aliphatic rings. The number of aryl methyl sites for hydroxylation is 2. The van der Waals surface area contributed by atoms with E-state index in [1.54, 1.807) is 17.1 Å². The highest BCUT2D eigenvalue weighted by molar-refractivity contribution is 14.1. The first-order chi connectivity index (χ1) is 10.5. The molecular formula is C10H10IN7O2S. The fourth-order valence-electron chi connectivity index (χ4n) is 1.74. The van der Waals surface area contributed by atoms with Gasteiger partial charge in [-0.15, -0.1) is 4.68 Å². The summed E-state index contributed by atoms with van der Waals surface area (Å²) in [7, 11) is 3.24. The number of hydrogen-bond acceptors (Lipinski definition) is 7. The van der Waals surface area contributed by atoms with Gasteiger partial charge in [0, 0.05) is 25.6 Å². The van der Waals surface area contributed by atoms with Crippen LogP contribution < -0.4 is 10.4 Å². The van der Waals surface area contributed by atoms with E-state index in [0.29, 0.717) is 20.3 Å². The Kier molecular flexibility index (Phi) is 3.42. The van der Waals surface area contributed by atoms with Gasteiger partial charge in [-0.3, -0.25) is 0 Å². The minimum atomic E-state index is -0.372. The van der Waals surface area contributed by atoms with E-state index in [1.165, 1.54) is 23.1 Å². The molecule has 0 radical (unpaired) electrons. The molecule has 0 N–H and O–H groups in total. The summed E-state index contributed by atoms with van der Waals surface area (Å²) < 4.78 is 17.5. The molecule has 3 heterocycles. The van der Waals surface area contributed by atoms with Crippen LogP contribution in [-0.2, 0) is 20.7 Å². The topological polar surface area (TPSA) is 92.7 Å². The molecule has 3 rings (SSSR count). The van der Waals surface area contributed by atoms with Crippen molar-refractivity contribution in [1.29, 1.82) is 0 Å². The summed E-state index contributed by atoms with van der Waals surface area (Å²) in [6, 6.07) is 0. The molecule has 0 spiro atoms. The van der Waals surface area contributed by atoms with Gasteiger partial charge in [-0.05, 0) is 33.0 Å². The van der Waals surface area contributed by atoms with Crippen LogP contribution in [0.3, 0.4) is 0 Å². The fraction of sp³-hybridized carbons (Fsp3) is 0.300. The summed E-state index contributed by atoms with van der Waals surface area (Å²) in [6.07, 6.45) is 0.159. The minimum Gasteiger partial charge on any atom is -0.465 e. The number of rotatable bonds is 4. The highest BCUT2D eigenvalue weighted by Gasteiger charge is 2.20. The third-order valence-electron chi connectivity index (χ3n) is 2.69. The molecule has 3 aromatic heterocycles. The number of ether oxygens (including phenoxy) is 1. The second-order valence-corrected chi connectivity index (χ2v) is 5.89. The number of hydrogen-bond donors (Lipinski definition) is 0. The van der Waals surface area contributed by atoms with E-state index in [2.05, 4.69) is 43.1 Å². The molecule has 9 nitrogen and oxygen atoms in total. The van der Waals surface area contributed by atoms with Crippen molar-refractivity contribution in [3.8, 4) is 11.0 Å². The summed E-state index contributed by atoms with van der Waals surface area (Å²) in [5, 5.41) is 13.8. The zero-order valence-corrected chi connectivity index (χ0v) is 14.0. The Morgan fingerprint density at radius 1 is 1.43 bits per heavy atom. The van der Waals surface area contributed by atoms with Gasteiger partial charge in [-0.2, -0.15) is 9.78 Å². The van der Waals surface area contributed by atoms with Crippen LogP contribution in [0, 0.1) is 3.70 Å². The van der Waals surface area contributed by atoms with Crippen molar-refractivity contribution < 1.29 is 6.11 Å². The van der Waals surface area contributed by atoms with Gasteiger partial charge in [0.05, 0.1) is 6.93 Å². The summed E-state index contributed by atoms with van der Waals surface area (Å²) in [5.74, 6) is 0.491. The Labute approximate surface area is 137 Å². The molecule has 0 atom stereocenters. The number of thiazole rings is 1. The lowest BCUT2D eigenvalue weighted by molar-refractivity contribution is 0.303. The molecular weight excluding hydrogens is 409 g/mol. The standard InChI is InChI=1S/C10H10IN7O2S/c1-16-8(18-10(19)17(2)14-15-18)6(7(11)13-16)5-20-9-12-3-4-21-9/h3-4H,5H2,1-2H3/i3T. The van der Waals surface area contributed by atoms with E-state index in [9.17, 15) is 4.79 Å². The van der Waals surface area contributed by atoms with Crippen molar-refractivity contribution >= 4 is 33.9 Å². The van der Waals surface area contributed by atoms with E-state index in [0.717, 1.165) is 4.68 Å². The molecule has 0 aliphatic carbocycles. The van der Waals surface area contributed by atoms with Crippen LogP contribution in [0.15, 0.2) is 16.3 Å². The van der Waals surface area contributed by atoms with Crippen LogP contribution >= 0.6 is 33.9 Å². The summed E-state index contributed by atoms with van der Waals surface area (Å²) in [5.41, 5.74) is 0.329. The second kappa shape index (κ2) is 5.55. The Hall–Kier alpha value is -1.76. The van der Waals surface area contributed by atoms with E-state index in [4.69, 9.17) is 6.11 Å². The van der Waals surface area contributed by atoms with Crippen LogP contribution in [0.2, 0.25) is 0 Å². The van der Waals surface area contributed by atoms with Gasteiger partial charge in [-0.25, -0.2) is 14.5 Å². The van der Waals surface area contributed by atoms with Crippen molar-refractivity contribution in [2.75, 3.05) is 0 Å². The molecule has 3 aromatic rings. The summed E-state index contributed by atoms with van der Waals surface area (Å²) in [4.78, 5) is 16.0. The Bertz CT molecular complexity index is 882. The van der Waals surface area contributed by atoms with Crippen molar-refractivity contribution in [2.24, 2.45) is 14.1 Å².